The Labute approximate surface area is 215 Å². The number of amides is 1. The molecule has 1 aliphatic heterocycles. The van der Waals surface area contributed by atoms with Gasteiger partial charge in [-0.15, -0.1) is 11.3 Å². The van der Waals surface area contributed by atoms with Crippen LogP contribution in [0.4, 0.5) is 5.13 Å². The van der Waals surface area contributed by atoms with Crippen LogP contribution in [0.2, 0.25) is 4.34 Å². The maximum atomic E-state index is 13.8. The first-order valence-corrected chi connectivity index (χ1v) is 14.3. The minimum atomic E-state index is -3.72. The highest BCUT2D eigenvalue weighted by Crippen LogP contribution is 2.35. The van der Waals surface area contributed by atoms with Crippen LogP contribution in [0.15, 0.2) is 57.4 Å². The quantitative estimate of drug-likeness (QED) is 0.311. The Balaban J connectivity index is 1.44. The van der Waals surface area contributed by atoms with Gasteiger partial charge in [-0.2, -0.15) is 4.31 Å². The Kier molecular flexibility index (Phi) is 6.86. The number of fused-ring (bicyclic) bond motifs is 1. The first-order valence-electron chi connectivity index (χ1n) is 10.9. The van der Waals surface area contributed by atoms with E-state index in [2.05, 4.69) is 4.98 Å². The van der Waals surface area contributed by atoms with Crippen molar-refractivity contribution in [1.29, 1.82) is 0 Å². The molecule has 4 heterocycles. The molecule has 1 aliphatic rings. The zero-order valence-corrected chi connectivity index (χ0v) is 21.9. The van der Waals surface area contributed by atoms with Gasteiger partial charge in [-0.25, -0.2) is 13.4 Å². The van der Waals surface area contributed by atoms with E-state index in [4.69, 9.17) is 20.8 Å². The molecule has 8 nitrogen and oxygen atoms in total. The molecule has 1 atom stereocenters. The highest BCUT2D eigenvalue weighted by molar-refractivity contribution is 7.91. The molecule has 0 radical (unpaired) electrons. The Morgan fingerprint density at radius 1 is 1.29 bits per heavy atom. The molecule has 12 heteroatoms. The number of nitrogens with zero attached hydrogens (tertiary/aromatic N) is 3. The lowest BCUT2D eigenvalue weighted by Crippen LogP contribution is -2.46. The molecular formula is C23H22ClN3O5S3. The van der Waals surface area contributed by atoms with Crippen LogP contribution in [-0.2, 0) is 21.4 Å². The second kappa shape index (κ2) is 9.90. The molecule has 1 aromatic carbocycles. The summed E-state index contributed by atoms with van der Waals surface area (Å²) in [7, 11) is -2.12. The summed E-state index contributed by atoms with van der Waals surface area (Å²) >= 11 is 8.37. The van der Waals surface area contributed by atoms with Crippen molar-refractivity contribution in [3.05, 3.63) is 58.8 Å². The number of hydrogen-bond donors (Lipinski definition) is 0. The summed E-state index contributed by atoms with van der Waals surface area (Å²) in [5, 5.41) is 0.527. The number of halogens is 1. The van der Waals surface area contributed by atoms with Crippen molar-refractivity contribution in [3.8, 4) is 5.75 Å². The van der Waals surface area contributed by atoms with Crippen LogP contribution in [0, 0.1) is 5.92 Å². The fourth-order valence-corrected chi connectivity index (χ4v) is 8.24. The monoisotopic (exact) mass is 551 g/mol. The summed E-state index contributed by atoms with van der Waals surface area (Å²) < 4.78 is 40.0. The van der Waals surface area contributed by atoms with Gasteiger partial charge in [0.15, 0.2) is 5.13 Å². The van der Waals surface area contributed by atoms with Crippen molar-refractivity contribution in [3.63, 3.8) is 0 Å². The topological polar surface area (TPSA) is 92.9 Å². The zero-order valence-electron chi connectivity index (χ0n) is 18.7. The summed E-state index contributed by atoms with van der Waals surface area (Å²) in [4.78, 5) is 20.1. The maximum Gasteiger partial charge on any atom is 0.252 e. The Bertz CT molecular complexity index is 1450. The average molecular weight is 552 g/mol. The zero-order chi connectivity index (χ0) is 24.6. The smallest absolute Gasteiger partial charge is 0.252 e. The van der Waals surface area contributed by atoms with Gasteiger partial charge in [0.05, 0.1) is 40.4 Å². The highest BCUT2D eigenvalue weighted by atomic mass is 35.5. The van der Waals surface area contributed by atoms with Crippen LogP contribution in [0.25, 0.3) is 10.2 Å². The van der Waals surface area contributed by atoms with Crippen molar-refractivity contribution >= 4 is 65.6 Å². The number of benzene rings is 1. The Morgan fingerprint density at radius 2 is 2.14 bits per heavy atom. The lowest BCUT2D eigenvalue weighted by Gasteiger charge is -2.33. The number of carbonyl (C=O) groups is 1. The van der Waals surface area contributed by atoms with Gasteiger partial charge in [0.2, 0.25) is 5.91 Å². The van der Waals surface area contributed by atoms with Crippen molar-refractivity contribution in [2.45, 2.75) is 23.6 Å². The van der Waals surface area contributed by atoms with Crippen LogP contribution < -0.4 is 9.64 Å². The first-order chi connectivity index (χ1) is 16.8. The number of aromatic nitrogens is 1. The van der Waals surface area contributed by atoms with E-state index in [0.29, 0.717) is 40.4 Å². The van der Waals surface area contributed by atoms with Crippen LogP contribution in [0.3, 0.4) is 0 Å². The molecule has 0 N–H and O–H groups in total. The number of sulfonamides is 1. The summed E-state index contributed by atoms with van der Waals surface area (Å²) in [6.45, 7) is 0.664. The number of ether oxygens (including phenoxy) is 1. The minimum absolute atomic E-state index is 0.101. The van der Waals surface area contributed by atoms with E-state index in [1.54, 1.807) is 36.5 Å². The van der Waals surface area contributed by atoms with Gasteiger partial charge >= 0.3 is 0 Å². The number of thiophene rings is 1. The fourth-order valence-electron chi connectivity index (χ4n) is 4.08. The van der Waals surface area contributed by atoms with Crippen LogP contribution in [-0.4, -0.2) is 43.8 Å². The van der Waals surface area contributed by atoms with Crippen LogP contribution in [0.1, 0.15) is 18.6 Å². The summed E-state index contributed by atoms with van der Waals surface area (Å²) in [5.41, 5.74) is 0.755. The molecule has 3 aromatic heterocycles. The summed E-state index contributed by atoms with van der Waals surface area (Å²) in [6.07, 6.45) is 2.73. The molecule has 35 heavy (non-hydrogen) atoms. The largest absolute Gasteiger partial charge is 0.497 e. The van der Waals surface area contributed by atoms with Gasteiger partial charge in [-0.1, -0.05) is 22.9 Å². The highest BCUT2D eigenvalue weighted by Gasteiger charge is 2.37. The van der Waals surface area contributed by atoms with Gasteiger partial charge < -0.3 is 9.15 Å². The lowest BCUT2D eigenvalue weighted by atomic mass is 9.98. The Morgan fingerprint density at radius 3 is 2.86 bits per heavy atom. The van der Waals surface area contributed by atoms with E-state index < -0.39 is 15.9 Å². The predicted octanol–water partition coefficient (Wildman–Crippen LogP) is 5.25. The molecular weight excluding hydrogens is 530 g/mol. The van der Waals surface area contributed by atoms with E-state index in [0.717, 1.165) is 21.6 Å². The second-order valence-electron chi connectivity index (χ2n) is 8.09. The number of piperidine rings is 1. The molecule has 1 unspecified atom stereocenters. The van der Waals surface area contributed by atoms with E-state index in [9.17, 15) is 13.2 Å². The molecule has 1 fully saturated rings. The molecule has 0 spiro atoms. The van der Waals surface area contributed by atoms with Crippen molar-refractivity contribution < 1.29 is 22.4 Å². The summed E-state index contributed by atoms with van der Waals surface area (Å²) in [5.74, 6) is 0.629. The number of anilines is 1. The van der Waals surface area contributed by atoms with Gasteiger partial charge in [-0.05, 0) is 55.3 Å². The molecule has 0 bridgehead atoms. The molecule has 1 amide bonds. The molecule has 0 aliphatic carbocycles. The van der Waals surface area contributed by atoms with Crippen molar-refractivity contribution in [1.82, 2.24) is 9.29 Å². The number of thiazole rings is 1. The third kappa shape index (κ3) is 4.96. The molecule has 1 saturated heterocycles. The average Bonchev–Trinajstić information content (AvgIpc) is 3.62. The second-order valence-corrected chi connectivity index (χ2v) is 13.0. The third-order valence-electron chi connectivity index (χ3n) is 5.85. The van der Waals surface area contributed by atoms with Gasteiger partial charge in [0.1, 0.15) is 15.7 Å². The third-order valence-corrected chi connectivity index (χ3v) is 10.5. The predicted molar refractivity (Wildman–Crippen MR) is 137 cm³/mol. The van der Waals surface area contributed by atoms with E-state index >= 15 is 0 Å². The van der Waals surface area contributed by atoms with Crippen LogP contribution >= 0.6 is 34.3 Å². The van der Waals surface area contributed by atoms with Crippen molar-refractivity contribution in [2.75, 3.05) is 25.1 Å². The number of methoxy groups -OCH3 is 1. The molecule has 184 valence electrons. The standard InChI is InChI=1S/C23H22ClN3O5S3/c1-31-16-6-7-18-19(12-16)33-23(25-18)27(14-17-5-3-11-32-17)22(28)15-4-2-10-26(13-15)35(29,30)21-9-8-20(24)34-21/h3,5-9,11-12,15H,2,4,10,13-14H2,1H3. The van der Waals surface area contributed by atoms with Crippen LogP contribution in [0.5, 0.6) is 5.75 Å². The fraction of sp³-hybridized carbons (Fsp3) is 0.304. The number of rotatable bonds is 7. The van der Waals surface area contributed by atoms with Gasteiger partial charge in [0.25, 0.3) is 10.0 Å². The number of hydrogen-bond acceptors (Lipinski definition) is 8. The lowest BCUT2D eigenvalue weighted by molar-refractivity contribution is -0.123. The molecule has 0 saturated carbocycles. The van der Waals surface area contributed by atoms with Gasteiger partial charge in [-0.3, -0.25) is 9.69 Å². The molecule has 4 aromatic rings. The first kappa shape index (κ1) is 24.3. The van der Waals surface area contributed by atoms with Gasteiger partial charge in [0, 0.05) is 13.1 Å². The van der Waals surface area contributed by atoms with E-state index in [1.807, 2.05) is 18.2 Å². The minimum Gasteiger partial charge on any atom is -0.497 e. The number of furan rings is 1. The Hall–Kier alpha value is -2.44. The maximum absolute atomic E-state index is 13.8. The van der Waals surface area contributed by atoms with E-state index in [-0.39, 0.29) is 23.2 Å². The molecule has 5 rings (SSSR count). The number of carbonyl (C=O) groups excluding carboxylic acids is 1. The normalized spacial score (nSPS) is 17.0. The van der Waals surface area contributed by atoms with E-state index in [1.165, 1.54) is 21.7 Å². The van der Waals surface area contributed by atoms with Crippen molar-refractivity contribution in [2.24, 2.45) is 5.92 Å². The SMILES string of the molecule is COc1ccc2nc(N(Cc3ccco3)C(=O)C3CCCN(S(=O)(=O)c4ccc(Cl)s4)C3)sc2c1. The summed E-state index contributed by atoms with van der Waals surface area (Å²) in [6, 6.07) is 12.2.